The zero-order valence-corrected chi connectivity index (χ0v) is 11.0. The molecule has 0 aliphatic carbocycles. The van der Waals surface area contributed by atoms with E-state index in [1.165, 1.54) is 6.33 Å². The summed E-state index contributed by atoms with van der Waals surface area (Å²) in [6, 6.07) is 5.43. The molecule has 2 aromatic heterocycles. The second-order valence-electron chi connectivity index (χ2n) is 4.32. The van der Waals surface area contributed by atoms with E-state index in [4.69, 9.17) is 0 Å². The van der Waals surface area contributed by atoms with Gasteiger partial charge in [0.05, 0.1) is 17.5 Å². The standard InChI is InChI=1S/C14H13N5O/c1-2-19-13(17-9-18-19)8-12(20)10-4-3-5-11-14(10)16-7-6-15-11/h3-7,9H,2,8H2,1H3. The van der Waals surface area contributed by atoms with E-state index in [1.807, 2.05) is 19.1 Å². The van der Waals surface area contributed by atoms with Gasteiger partial charge in [-0.2, -0.15) is 5.10 Å². The normalized spacial score (nSPS) is 10.8. The van der Waals surface area contributed by atoms with E-state index in [2.05, 4.69) is 20.1 Å². The van der Waals surface area contributed by atoms with E-state index in [-0.39, 0.29) is 12.2 Å². The number of ketones is 1. The Hall–Kier alpha value is -2.63. The minimum atomic E-state index is -0.0289. The Kier molecular flexibility index (Phi) is 3.20. The number of aromatic nitrogens is 5. The molecule has 0 bridgehead atoms. The molecule has 0 radical (unpaired) electrons. The Morgan fingerprint density at radius 1 is 1.20 bits per heavy atom. The number of benzene rings is 1. The topological polar surface area (TPSA) is 73.6 Å². The van der Waals surface area contributed by atoms with Crippen LogP contribution >= 0.6 is 0 Å². The molecule has 0 aliphatic rings. The van der Waals surface area contributed by atoms with Crippen molar-refractivity contribution in [2.75, 3.05) is 0 Å². The summed E-state index contributed by atoms with van der Waals surface area (Å²) in [6.45, 7) is 2.66. The van der Waals surface area contributed by atoms with E-state index < -0.39 is 0 Å². The molecule has 0 saturated heterocycles. The molecular weight excluding hydrogens is 254 g/mol. The van der Waals surface area contributed by atoms with Crippen LogP contribution in [0.3, 0.4) is 0 Å². The van der Waals surface area contributed by atoms with Crippen LogP contribution in [0.2, 0.25) is 0 Å². The van der Waals surface area contributed by atoms with Crippen molar-refractivity contribution >= 4 is 16.8 Å². The predicted octanol–water partition coefficient (Wildman–Crippen LogP) is 1.67. The van der Waals surface area contributed by atoms with Crippen LogP contribution in [0, 0.1) is 0 Å². The molecule has 3 aromatic rings. The van der Waals surface area contributed by atoms with Gasteiger partial charge in [0.2, 0.25) is 0 Å². The van der Waals surface area contributed by atoms with E-state index in [9.17, 15) is 4.79 Å². The van der Waals surface area contributed by atoms with Gasteiger partial charge >= 0.3 is 0 Å². The average Bonchev–Trinajstić information content (AvgIpc) is 2.93. The summed E-state index contributed by atoms with van der Waals surface area (Å²) < 4.78 is 1.72. The lowest BCUT2D eigenvalue weighted by molar-refractivity contribution is 0.0991. The summed E-state index contributed by atoms with van der Waals surface area (Å²) in [4.78, 5) is 25.0. The Balaban J connectivity index is 1.97. The first-order chi connectivity index (χ1) is 9.79. The Labute approximate surface area is 115 Å². The second kappa shape index (κ2) is 5.16. The lowest BCUT2D eigenvalue weighted by Crippen LogP contribution is -2.11. The summed E-state index contributed by atoms with van der Waals surface area (Å²) in [7, 11) is 0. The van der Waals surface area contributed by atoms with Crippen LogP contribution in [0.25, 0.3) is 11.0 Å². The molecule has 2 heterocycles. The first kappa shape index (κ1) is 12.4. The molecule has 0 aliphatic heterocycles. The maximum Gasteiger partial charge on any atom is 0.172 e. The third-order valence-electron chi connectivity index (χ3n) is 3.11. The molecular formula is C14H13N5O. The van der Waals surface area contributed by atoms with Crippen molar-refractivity contribution in [3.05, 3.63) is 48.3 Å². The summed E-state index contributed by atoms with van der Waals surface area (Å²) in [5.74, 6) is 0.636. The molecule has 0 N–H and O–H groups in total. The second-order valence-corrected chi connectivity index (χ2v) is 4.32. The summed E-state index contributed by atoms with van der Waals surface area (Å²) in [5.41, 5.74) is 1.92. The number of nitrogens with zero attached hydrogens (tertiary/aromatic N) is 5. The molecule has 0 amide bonds. The van der Waals surface area contributed by atoms with Crippen molar-refractivity contribution in [3.8, 4) is 0 Å². The minimum absolute atomic E-state index is 0.0289. The van der Waals surface area contributed by atoms with Crippen LogP contribution in [-0.4, -0.2) is 30.5 Å². The van der Waals surface area contributed by atoms with Gasteiger partial charge in [0.1, 0.15) is 12.2 Å². The van der Waals surface area contributed by atoms with Gasteiger partial charge in [-0.25, -0.2) is 9.67 Å². The van der Waals surface area contributed by atoms with Crippen LogP contribution in [0.4, 0.5) is 0 Å². The molecule has 6 nitrogen and oxygen atoms in total. The molecule has 0 fully saturated rings. The van der Waals surface area contributed by atoms with E-state index in [1.54, 1.807) is 23.1 Å². The summed E-state index contributed by atoms with van der Waals surface area (Å²) in [5, 5.41) is 4.07. The molecule has 0 spiro atoms. The molecule has 1 aromatic carbocycles. The zero-order valence-electron chi connectivity index (χ0n) is 11.0. The molecule has 0 saturated carbocycles. The van der Waals surface area contributed by atoms with E-state index in [0.717, 1.165) is 5.52 Å². The van der Waals surface area contributed by atoms with Gasteiger partial charge in [-0.05, 0) is 19.1 Å². The molecule has 0 atom stereocenters. The van der Waals surface area contributed by atoms with Gasteiger partial charge in [0.25, 0.3) is 0 Å². The van der Waals surface area contributed by atoms with Crippen molar-refractivity contribution in [2.24, 2.45) is 0 Å². The van der Waals surface area contributed by atoms with E-state index in [0.29, 0.717) is 23.4 Å². The first-order valence-corrected chi connectivity index (χ1v) is 6.39. The van der Waals surface area contributed by atoms with Crippen LogP contribution in [0.15, 0.2) is 36.9 Å². The van der Waals surface area contributed by atoms with Crippen molar-refractivity contribution in [1.29, 1.82) is 0 Å². The van der Waals surface area contributed by atoms with Gasteiger partial charge in [0, 0.05) is 24.5 Å². The number of hydrogen-bond acceptors (Lipinski definition) is 5. The maximum atomic E-state index is 12.4. The van der Waals surface area contributed by atoms with Gasteiger partial charge < -0.3 is 0 Å². The average molecular weight is 267 g/mol. The monoisotopic (exact) mass is 267 g/mol. The molecule has 6 heteroatoms. The highest BCUT2D eigenvalue weighted by Crippen LogP contribution is 2.15. The number of fused-ring (bicyclic) bond motifs is 1. The Morgan fingerprint density at radius 2 is 2.05 bits per heavy atom. The number of Topliss-reactive ketones (excluding diaryl/α,β-unsaturated/α-hetero) is 1. The molecule has 100 valence electrons. The fourth-order valence-electron chi connectivity index (χ4n) is 2.15. The fourth-order valence-corrected chi connectivity index (χ4v) is 2.15. The quantitative estimate of drug-likeness (QED) is 0.672. The van der Waals surface area contributed by atoms with Gasteiger partial charge in [-0.1, -0.05) is 6.07 Å². The zero-order chi connectivity index (χ0) is 13.9. The Morgan fingerprint density at radius 3 is 2.90 bits per heavy atom. The highest BCUT2D eigenvalue weighted by atomic mass is 16.1. The summed E-state index contributed by atoms with van der Waals surface area (Å²) in [6.07, 6.45) is 4.89. The number of rotatable bonds is 4. The molecule has 20 heavy (non-hydrogen) atoms. The lowest BCUT2D eigenvalue weighted by Gasteiger charge is -2.05. The lowest BCUT2D eigenvalue weighted by atomic mass is 10.1. The van der Waals surface area contributed by atoms with Gasteiger partial charge in [0.15, 0.2) is 5.78 Å². The van der Waals surface area contributed by atoms with Gasteiger partial charge in [-0.3, -0.25) is 14.8 Å². The highest BCUT2D eigenvalue weighted by Gasteiger charge is 2.15. The van der Waals surface area contributed by atoms with E-state index >= 15 is 0 Å². The maximum absolute atomic E-state index is 12.4. The van der Waals surface area contributed by atoms with Crippen molar-refractivity contribution in [3.63, 3.8) is 0 Å². The Bertz CT molecular complexity index is 760. The van der Waals surface area contributed by atoms with Crippen molar-refractivity contribution in [1.82, 2.24) is 24.7 Å². The van der Waals surface area contributed by atoms with Crippen LogP contribution < -0.4 is 0 Å². The third kappa shape index (κ3) is 2.16. The van der Waals surface area contributed by atoms with Crippen LogP contribution in [0.1, 0.15) is 23.1 Å². The molecule has 3 rings (SSSR count). The SMILES string of the molecule is CCn1ncnc1CC(=O)c1cccc2nccnc12. The highest BCUT2D eigenvalue weighted by molar-refractivity contribution is 6.06. The van der Waals surface area contributed by atoms with Gasteiger partial charge in [-0.15, -0.1) is 0 Å². The smallest absolute Gasteiger partial charge is 0.172 e. The number of aryl methyl sites for hydroxylation is 1. The van der Waals surface area contributed by atoms with Crippen LogP contribution in [-0.2, 0) is 13.0 Å². The third-order valence-corrected chi connectivity index (χ3v) is 3.11. The predicted molar refractivity (Wildman–Crippen MR) is 73.3 cm³/mol. The fraction of sp³-hybridized carbons (Fsp3) is 0.214. The number of carbonyl (C=O) groups is 1. The van der Waals surface area contributed by atoms with Crippen LogP contribution in [0.5, 0.6) is 0 Å². The summed E-state index contributed by atoms with van der Waals surface area (Å²) >= 11 is 0. The number of hydrogen-bond donors (Lipinski definition) is 0. The largest absolute Gasteiger partial charge is 0.294 e. The molecule has 0 unspecified atom stereocenters. The minimum Gasteiger partial charge on any atom is -0.294 e. The first-order valence-electron chi connectivity index (χ1n) is 6.39. The number of carbonyl (C=O) groups excluding carboxylic acids is 1. The number of para-hydroxylation sites is 1. The van der Waals surface area contributed by atoms with Crippen molar-refractivity contribution in [2.45, 2.75) is 19.9 Å². The van der Waals surface area contributed by atoms with Crippen molar-refractivity contribution < 1.29 is 4.79 Å².